The van der Waals surface area contributed by atoms with Crippen LogP contribution < -0.4 is 26.9 Å². The maximum Gasteiger partial charge on any atom is 0.407 e. The van der Waals surface area contributed by atoms with E-state index in [0.717, 1.165) is 32.2 Å². The van der Waals surface area contributed by atoms with E-state index in [1.807, 2.05) is 0 Å². The van der Waals surface area contributed by atoms with E-state index in [-0.39, 0.29) is 35.8 Å². The number of unbranched alkanes of at least 4 members (excludes halogenated alkanes) is 16. The summed E-state index contributed by atoms with van der Waals surface area (Å²) in [6.07, 6.45) is 25.2. The number of methoxy groups -OCH3 is 1. The zero-order valence-electron chi connectivity index (χ0n) is 24.4. The molecule has 1 amide bonds. The lowest BCUT2D eigenvalue weighted by molar-refractivity contribution is -0.692. The van der Waals surface area contributed by atoms with Gasteiger partial charge in [0.25, 0.3) is 0 Å². The van der Waals surface area contributed by atoms with Crippen LogP contribution in [0.5, 0.6) is 0 Å². The molecule has 0 aliphatic heterocycles. The van der Waals surface area contributed by atoms with E-state index in [0.29, 0.717) is 19.8 Å². The van der Waals surface area contributed by atoms with Gasteiger partial charge < -0.3 is 36.5 Å². The van der Waals surface area contributed by atoms with Crippen molar-refractivity contribution in [3.05, 3.63) is 17.1 Å². The maximum absolute atomic E-state index is 11.9. The van der Waals surface area contributed by atoms with E-state index in [1.54, 1.807) is 18.4 Å². The number of thiazole rings is 1. The van der Waals surface area contributed by atoms with Crippen molar-refractivity contribution in [2.45, 2.75) is 135 Å². The van der Waals surface area contributed by atoms with Crippen molar-refractivity contribution >= 4 is 17.4 Å². The summed E-state index contributed by atoms with van der Waals surface area (Å²) < 4.78 is 18.5. The lowest BCUT2D eigenvalue weighted by Crippen LogP contribution is -3.00. The molecule has 0 aliphatic rings. The summed E-state index contributed by atoms with van der Waals surface area (Å²) in [5, 5.41) is 4.93. The van der Waals surface area contributed by atoms with Crippen molar-refractivity contribution in [3.63, 3.8) is 0 Å². The standard InChI is InChI=1S/C30H56N2O4S.BrH/c1-3-4-5-6-7-8-9-10-11-12-13-14-15-16-17-18-21-31-30(33)36-27-29(34-2)26-35-24-20-19-22-32-23-25-37-28-32;/h23,25,28-29H,3-22,24,26-27H2,1-2H3;1H. The molecule has 8 heteroatoms. The van der Waals surface area contributed by atoms with Crippen LogP contribution in [0.25, 0.3) is 0 Å². The van der Waals surface area contributed by atoms with Gasteiger partial charge in [-0.05, 0) is 12.8 Å². The number of rotatable bonds is 27. The van der Waals surface area contributed by atoms with Crippen LogP contribution in [-0.2, 0) is 20.8 Å². The van der Waals surface area contributed by atoms with Crippen molar-refractivity contribution in [2.75, 3.05) is 33.5 Å². The molecule has 0 spiro atoms. The largest absolute Gasteiger partial charge is 1.00 e. The number of nitrogens with zero attached hydrogens (tertiary/aromatic N) is 1. The number of halogens is 1. The molecular weight excluding hydrogens is 564 g/mol. The summed E-state index contributed by atoms with van der Waals surface area (Å²) in [5.41, 5.74) is 2.12. The first kappa shape index (κ1) is 37.3. The van der Waals surface area contributed by atoms with Crippen LogP contribution in [0.15, 0.2) is 17.1 Å². The number of carbonyl (C=O) groups is 1. The number of carbonyl (C=O) groups excluding carboxylic acids is 1. The van der Waals surface area contributed by atoms with Gasteiger partial charge in [0.1, 0.15) is 19.3 Å². The highest BCUT2D eigenvalue weighted by Gasteiger charge is 2.11. The molecule has 6 nitrogen and oxygen atoms in total. The van der Waals surface area contributed by atoms with Gasteiger partial charge in [-0.15, -0.1) is 0 Å². The molecule has 1 aromatic heterocycles. The molecule has 224 valence electrons. The minimum atomic E-state index is -0.365. The summed E-state index contributed by atoms with van der Waals surface area (Å²) >= 11 is 1.71. The first-order valence-electron chi connectivity index (χ1n) is 15.2. The van der Waals surface area contributed by atoms with Crippen molar-refractivity contribution in [2.24, 2.45) is 0 Å². The van der Waals surface area contributed by atoms with Gasteiger partial charge in [-0.2, -0.15) is 4.57 Å². The molecule has 1 heterocycles. The Morgan fingerprint density at radius 2 is 1.39 bits per heavy atom. The first-order chi connectivity index (χ1) is 18.3. The Labute approximate surface area is 248 Å². The minimum absolute atomic E-state index is 0. The molecule has 1 N–H and O–H groups in total. The van der Waals surface area contributed by atoms with Gasteiger partial charge in [0.05, 0.1) is 12.0 Å². The Morgan fingerprint density at radius 1 is 0.816 bits per heavy atom. The Morgan fingerprint density at radius 3 is 1.92 bits per heavy atom. The van der Waals surface area contributed by atoms with Crippen molar-refractivity contribution in [3.8, 4) is 0 Å². The molecule has 1 atom stereocenters. The highest BCUT2D eigenvalue weighted by Crippen LogP contribution is 2.13. The molecule has 0 radical (unpaired) electrons. The quantitative estimate of drug-likeness (QED) is 0.113. The van der Waals surface area contributed by atoms with E-state index >= 15 is 0 Å². The molecule has 1 rings (SSSR count). The van der Waals surface area contributed by atoms with Gasteiger partial charge in [0, 0.05) is 26.7 Å². The Bertz CT molecular complexity index is 607. The summed E-state index contributed by atoms with van der Waals surface area (Å²) in [6, 6.07) is 0. The van der Waals surface area contributed by atoms with Crippen LogP contribution in [0, 0.1) is 0 Å². The van der Waals surface area contributed by atoms with Crippen molar-refractivity contribution < 1.29 is 40.6 Å². The Hall–Kier alpha value is -0.700. The fourth-order valence-corrected chi connectivity index (χ4v) is 5.00. The number of ether oxygens (including phenoxy) is 3. The van der Waals surface area contributed by atoms with E-state index in [1.165, 1.54) is 89.9 Å². The number of aryl methyl sites for hydroxylation is 1. The van der Waals surface area contributed by atoms with Crippen LogP contribution in [-0.4, -0.2) is 45.7 Å². The zero-order valence-corrected chi connectivity index (χ0v) is 26.8. The van der Waals surface area contributed by atoms with E-state index in [4.69, 9.17) is 14.2 Å². The van der Waals surface area contributed by atoms with Crippen LogP contribution in [0.3, 0.4) is 0 Å². The predicted octanol–water partition coefficient (Wildman–Crippen LogP) is 4.84. The number of aromatic nitrogens is 1. The summed E-state index contributed by atoms with van der Waals surface area (Å²) in [7, 11) is 1.62. The normalized spacial score (nSPS) is 11.7. The molecule has 0 saturated heterocycles. The van der Waals surface area contributed by atoms with Gasteiger partial charge in [-0.3, -0.25) is 0 Å². The molecule has 0 fully saturated rings. The topological polar surface area (TPSA) is 60.7 Å². The number of hydrogen-bond donors (Lipinski definition) is 1. The van der Waals surface area contributed by atoms with Crippen molar-refractivity contribution in [1.29, 1.82) is 0 Å². The summed E-state index contributed by atoms with van der Waals surface area (Å²) in [6.45, 7) is 5.32. The highest BCUT2D eigenvalue weighted by molar-refractivity contribution is 7.07. The van der Waals surface area contributed by atoms with Crippen LogP contribution >= 0.6 is 11.3 Å². The monoisotopic (exact) mass is 620 g/mol. The highest BCUT2D eigenvalue weighted by atomic mass is 79.9. The summed E-state index contributed by atoms with van der Waals surface area (Å²) in [4.78, 5) is 11.9. The van der Waals surface area contributed by atoms with Crippen LogP contribution in [0.2, 0.25) is 0 Å². The van der Waals surface area contributed by atoms with Gasteiger partial charge in [0.15, 0.2) is 6.20 Å². The van der Waals surface area contributed by atoms with Crippen LogP contribution in [0.1, 0.15) is 122 Å². The first-order valence-corrected chi connectivity index (χ1v) is 16.1. The second-order valence-corrected chi connectivity index (χ2v) is 11.0. The molecular formula is C30H57BrN2O4S. The van der Waals surface area contributed by atoms with Crippen molar-refractivity contribution in [1.82, 2.24) is 5.32 Å². The molecule has 0 aromatic carbocycles. The summed E-state index contributed by atoms with van der Waals surface area (Å²) in [5.74, 6) is 0. The maximum atomic E-state index is 11.9. The van der Waals surface area contributed by atoms with Gasteiger partial charge in [-0.25, -0.2) is 4.79 Å². The predicted molar refractivity (Wildman–Crippen MR) is 154 cm³/mol. The lowest BCUT2D eigenvalue weighted by Gasteiger charge is -2.16. The van der Waals surface area contributed by atoms with E-state index < -0.39 is 0 Å². The molecule has 38 heavy (non-hydrogen) atoms. The lowest BCUT2D eigenvalue weighted by atomic mass is 10.0. The minimum Gasteiger partial charge on any atom is -1.00 e. The Balaban J connectivity index is 0.0000137. The molecule has 0 saturated carbocycles. The van der Waals surface area contributed by atoms with Crippen LogP contribution in [0.4, 0.5) is 4.79 Å². The third-order valence-electron chi connectivity index (χ3n) is 6.82. The number of alkyl carbamates (subject to hydrolysis) is 1. The molecule has 1 aromatic rings. The Kier molecular flexibility index (Phi) is 28.7. The third kappa shape index (κ3) is 24.3. The number of hydrogen-bond acceptors (Lipinski definition) is 5. The van der Waals surface area contributed by atoms with Gasteiger partial charge >= 0.3 is 6.09 Å². The number of amides is 1. The average molecular weight is 622 g/mol. The fraction of sp³-hybridized carbons (Fsp3) is 0.867. The fourth-order valence-electron chi connectivity index (χ4n) is 4.37. The van der Waals surface area contributed by atoms with Gasteiger partial charge in [-0.1, -0.05) is 115 Å². The SMILES string of the molecule is CCCCCCCCCCCCCCCCCCNC(=O)OCC(COCCCC[n+]1ccsc1)OC.[Br-]. The second-order valence-electron chi connectivity index (χ2n) is 10.2. The average Bonchev–Trinajstić information content (AvgIpc) is 3.43. The molecule has 1 unspecified atom stereocenters. The third-order valence-corrected chi connectivity index (χ3v) is 7.49. The molecule has 0 aliphatic carbocycles. The van der Waals surface area contributed by atoms with Gasteiger partial charge in [0.2, 0.25) is 5.51 Å². The second kappa shape index (κ2) is 29.3. The van der Waals surface area contributed by atoms with E-state index in [2.05, 4.69) is 33.9 Å². The number of nitrogens with one attached hydrogen (secondary N) is 1. The van der Waals surface area contributed by atoms with E-state index in [9.17, 15) is 4.79 Å². The smallest absolute Gasteiger partial charge is 0.407 e. The molecule has 0 bridgehead atoms. The zero-order chi connectivity index (χ0) is 26.7.